The summed E-state index contributed by atoms with van der Waals surface area (Å²) in [6.07, 6.45) is 7.34. The van der Waals surface area contributed by atoms with Crippen LogP contribution in [0.5, 0.6) is 0 Å². The highest BCUT2D eigenvalue weighted by atomic mass is 32.1. The number of fused-ring (bicyclic) bond motifs is 1. The first-order chi connectivity index (χ1) is 16.5. The van der Waals surface area contributed by atoms with Crippen LogP contribution in [0.25, 0.3) is 21.6 Å². The minimum absolute atomic E-state index is 0.446. The van der Waals surface area contributed by atoms with Crippen LogP contribution in [0.15, 0.2) is 48.1 Å². The Morgan fingerprint density at radius 2 is 1.88 bits per heavy atom. The van der Waals surface area contributed by atoms with Gasteiger partial charge in [0.15, 0.2) is 17.0 Å². The number of aromatic nitrogens is 4. The SMILES string of the molecule is CC(C)(O)CCNc1nc(NCc2ccc(-c3cccs3)cc2)c2ncn(C3CCCC3)c2n1. The quantitative estimate of drug-likeness (QED) is 0.281. The normalized spacial score (nSPS) is 14.7. The van der Waals surface area contributed by atoms with E-state index in [4.69, 9.17) is 15.0 Å². The van der Waals surface area contributed by atoms with Crippen molar-refractivity contribution in [2.75, 3.05) is 17.2 Å². The average molecular weight is 477 g/mol. The molecule has 0 amide bonds. The molecular weight excluding hydrogens is 444 g/mol. The number of aliphatic hydroxyl groups is 1. The van der Waals surface area contributed by atoms with Crippen LogP contribution in [0.2, 0.25) is 0 Å². The molecule has 0 unspecified atom stereocenters. The molecule has 1 aliphatic rings. The summed E-state index contributed by atoms with van der Waals surface area (Å²) in [5.74, 6) is 1.29. The summed E-state index contributed by atoms with van der Waals surface area (Å²) in [4.78, 5) is 15.5. The molecule has 1 aliphatic carbocycles. The molecule has 34 heavy (non-hydrogen) atoms. The highest BCUT2D eigenvalue weighted by molar-refractivity contribution is 7.13. The Bertz CT molecular complexity index is 1220. The van der Waals surface area contributed by atoms with E-state index >= 15 is 0 Å². The van der Waals surface area contributed by atoms with E-state index in [2.05, 4.69) is 57.0 Å². The molecule has 0 spiro atoms. The average Bonchev–Trinajstić information content (AvgIpc) is 3.58. The van der Waals surface area contributed by atoms with Crippen molar-refractivity contribution < 1.29 is 5.11 Å². The minimum Gasteiger partial charge on any atom is -0.390 e. The van der Waals surface area contributed by atoms with E-state index in [1.165, 1.54) is 28.8 Å². The molecule has 0 radical (unpaired) electrons. The third kappa shape index (κ3) is 5.23. The molecular formula is C26H32N6OS. The molecule has 1 aromatic carbocycles. The Morgan fingerprint density at radius 3 is 2.59 bits per heavy atom. The number of benzene rings is 1. The summed E-state index contributed by atoms with van der Waals surface area (Å²) in [6.45, 7) is 4.86. The molecule has 0 atom stereocenters. The van der Waals surface area contributed by atoms with E-state index in [0.29, 0.717) is 31.5 Å². The van der Waals surface area contributed by atoms with Crippen molar-refractivity contribution in [2.45, 2.75) is 64.1 Å². The lowest BCUT2D eigenvalue weighted by atomic mass is 10.1. The summed E-state index contributed by atoms with van der Waals surface area (Å²) in [6, 6.07) is 13.3. The molecule has 8 heteroatoms. The van der Waals surface area contributed by atoms with Gasteiger partial charge in [-0.25, -0.2) is 4.98 Å². The van der Waals surface area contributed by atoms with Crippen LogP contribution in [0.3, 0.4) is 0 Å². The lowest BCUT2D eigenvalue weighted by molar-refractivity contribution is 0.0748. The second-order valence-corrected chi connectivity index (χ2v) is 10.6. The van der Waals surface area contributed by atoms with E-state index in [9.17, 15) is 5.11 Å². The molecule has 0 aliphatic heterocycles. The number of nitrogens with zero attached hydrogens (tertiary/aromatic N) is 4. The molecule has 5 rings (SSSR count). The number of anilines is 2. The Labute approximate surface area is 204 Å². The fraction of sp³-hybridized carbons (Fsp3) is 0.423. The van der Waals surface area contributed by atoms with Gasteiger partial charge < -0.3 is 20.3 Å². The maximum absolute atomic E-state index is 10.1. The Hall–Kier alpha value is -2.97. The molecule has 3 heterocycles. The van der Waals surface area contributed by atoms with Crippen molar-refractivity contribution in [3.63, 3.8) is 0 Å². The fourth-order valence-corrected chi connectivity index (χ4v) is 5.20. The summed E-state index contributed by atoms with van der Waals surface area (Å²) in [5, 5.41) is 19.0. The zero-order valence-electron chi connectivity index (χ0n) is 19.8. The van der Waals surface area contributed by atoms with Crippen molar-refractivity contribution in [3.8, 4) is 10.4 Å². The second-order valence-electron chi connectivity index (χ2n) is 9.68. The first-order valence-corrected chi connectivity index (χ1v) is 12.9. The highest BCUT2D eigenvalue weighted by Crippen LogP contribution is 2.33. The summed E-state index contributed by atoms with van der Waals surface area (Å²) in [5.41, 5.74) is 3.34. The van der Waals surface area contributed by atoms with E-state index < -0.39 is 5.60 Å². The van der Waals surface area contributed by atoms with Crippen molar-refractivity contribution in [1.82, 2.24) is 19.5 Å². The number of rotatable bonds is 9. The van der Waals surface area contributed by atoms with Gasteiger partial charge in [0.2, 0.25) is 5.95 Å². The molecule has 3 aromatic heterocycles. The summed E-state index contributed by atoms with van der Waals surface area (Å²) < 4.78 is 2.21. The van der Waals surface area contributed by atoms with Gasteiger partial charge in [-0.2, -0.15) is 9.97 Å². The predicted molar refractivity (Wildman–Crippen MR) is 139 cm³/mol. The zero-order valence-corrected chi connectivity index (χ0v) is 20.6. The molecule has 0 bridgehead atoms. The Balaban J connectivity index is 1.38. The number of hydrogen-bond donors (Lipinski definition) is 3. The predicted octanol–water partition coefficient (Wildman–Crippen LogP) is 5.85. The maximum Gasteiger partial charge on any atom is 0.226 e. The van der Waals surface area contributed by atoms with E-state index in [-0.39, 0.29) is 0 Å². The van der Waals surface area contributed by atoms with Crippen molar-refractivity contribution in [1.29, 1.82) is 0 Å². The van der Waals surface area contributed by atoms with E-state index in [1.54, 1.807) is 11.3 Å². The number of thiophene rings is 1. The molecule has 3 N–H and O–H groups in total. The van der Waals surface area contributed by atoms with E-state index in [1.807, 2.05) is 20.2 Å². The van der Waals surface area contributed by atoms with Crippen molar-refractivity contribution >= 4 is 34.3 Å². The third-order valence-electron chi connectivity index (χ3n) is 6.38. The van der Waals surface area contributed by atoms with Crippen LogP contribution in [-0.2, 0) is 6.54 Å². The van der Waals surface area contributed by atoms with Gasteiger partial charge in [-0.05, 0) is 55.7 Å². The Morgan fingerprint density at radius 1 is 1.09 bits per heavy atom. The van der Waals surface area contributed by atoms with Crippen molar-refractivity contribution in [2.24, 2.45) is 0 Å². The maximum atomic E-state index is 10.1. The molecule has 1 saturated carbocycles. The first-order valence-electron chi connectivity index (χ1n) is 12.0. The van der Waals surface area contributed by atoms with Gasteiger partial charge in [0.1, 0.15) is 0 Å². The van der Waals surface area contributed by atoms with Gasteiger partial charge in [-0.15, -0.1) is 11.3 Å². The van der Waals surface area contributed by atoms with Gasteiger partial charge in [0.05, 0.1) is 11.9 Å². The monoisotopic (exact) mass is 476 g/mol. The number of nitrogens with one attached hydrogen (secondary N) is 2. The molecule has 7 nitrogen and oxygen atoms in total. The minimum atomic E-state index is -0.737. The second kappa shape index (κ2) is 9.72. The van der Waals surface area contributed by atoms with Crippen LogP contribution < -0.4 is 10.6 Å². The van der Waals surface area contributed by atoms with Crippen LogP contribution in [0.4, 0.5) is 11.8 Å². The van der Waals surface area contributed by atoms with Gasteiger partial charge in [0, 0.05) is 24.0 Å². The van der Waals surface area contributed by atoms with Crippen LogP contribution >= 0.6 is 11.3 Å². The lowest BCUT2D eigenvalue weighted by Gasteiger charge is -2.17. The van der Waals surface area contributed by atoms with E-state index in [0.717, 1.165) is 29.8 Å². The molecule has 4 aromatic rings. The molecule has 0 saturated heterocycles. The van der Waals surface area contributed by atoms with Gasteiger partial charge in [-0.1, -0.05) is 43.2 Å². The molecule has 178 valence electrons. The molecule has 1 fully saturated rings. The smallest absolute Gasteiger partial charge is 0.226 e. The number of imidazole rings is 1. The lowest BCUT2D eigenvalue weighted by Crippen LogP contribution is -2.23. The summed E-state index contributed by atoms with van der Waals surface area (Å²) in [7, 11) is 0. The third-order valence-corrected chi connectivity index (χ3v) is 7.30. The fourth-order valence-electron chi connectivity index (χ4n) is 4.46. The Kier molecular flexibility index (Phi) is 6.52. The van der Waals surface area contributed by atoms with Crippen LogP contribution in [-0.4, -0.2) is 36.8 Å². The largest absolute Gasteiger partial charge is 0.390 e. The van der Waals surface area contributed by atoms with Crippen LogP contribution in [0, 0.1) is 0 Å². The van der Waals surface area contributed by atoms with Crippen molar-refractivity contribution in [3.05, 3.63) is 53.7 Å². The zero-order chi connectivity index (χ0) is 23.5. The highest BCUT2D eigenvalue weighted by Gasteiger charge is 2.22. The standard InChI is InChI=1S/C26H32N6OS/c1-26(2,33)13-14-27-25-30-23(22-24(31-25)32(17-29-22)20-6-3-4-7-20)28-16-18-9-11-19(12-10-18)21-8-5-15-34-21/h5,8-12,15,17,20,33H,3-4,6-7,13-14,16H2,1-2H3,(H2,27,28,30,31). The first kappa shape index (κ1) is 22.8. The summed E-state index contributed by atoms with van der Waals surface area (Å²) >= 11 is 1.75. The topological polar surface area (TPSA) is 87.9 Å². The van der Waals surface area contributed by atoms with Crippen LogP contribution in [0.1, 0.15) is 57.6 Å². The number of hydrogen-bond acceptors (Lipinski definition) is 7. The van der Waals surface area contributed by atoms with Gasteiger partial charge in [-0.3, -0.25) is 0 Å². The van der Waals surface area contributed by atoms with Gasteiger partial charge >= 0.3 is 0 Å². The van der Waals surface area contributed by atoms with Gasteiger partial charge in [0.25, 0.3) is 0 Å².